The van der Waals surface area contributed by atoms with Gasteiger partial charge in [-0.25, -0.2) is 4.79 Å². The van der Waals surface area contributed by atoms with E-state index in [1.165, 1.54) is 5.56 Å². The summed E-state index contributed by atoms with van der Waals surface area (Å²) in [4.78, 5) is 25.7. The lowest BCUT2D eigenvalue weighted by Crippen LogP contribution is -2.51. The number of ether oxygens (including phenoxy) is 1. The van der Waals surface area contributed by atoms with Gasteiger partial charge in [0.25, 0.3) is 0 Å². The lowest BCUT2D eigenvalue weighted by Gasteiger charge is -2.23. The maximum absolute atomic E-state index is 13.2. The molecule has 3 N–H and O–H groups in total. The maximum Gasteiger partial charge on any atom is 0.408 e. The number of aliphatic hydroxyl groups is 1. The van der Waals surface area contributed by atoms with Crippen LogP contribution < -0.4 is 10.6 Å². The Hall–Kier alpha value is -3.64. The van der Waals surface area contributed by atoms with Crippen molar-refractivity contribution in [1.82, 2.24) is 10.6 Å². The second kappa shape index (κ2) is 13.8. The monoisotopic (exact) mass is 460 g/mol. The fourth-order valence-corrected chi connectivity index (χ4v) is 3.70. The van der Waals surface area contributed by atoms with E-state index in [0.717, 1.165) is 17.5 Å². The van der Waals surface area contributed by atoms with Crippen LogP contribution in [0.2, 0.25) is 0 Å². The zero-order valence-corrected chi connectivity index (χ0v) is 19.2. The highest BCUT2D eigenvalue weighted by Gasteiger charge is 2.24. The molecule has 0 aliphatic heterocycles. The van der Waals surface area contributed by atoms with Crippen LogP contribution in [0.4, 0.5) is 4.79 Å². The van der Waals surface area contributed by atoms with Crippen molar-refractivity contribution in [2.75, 3.05) is 6.61 Å². The maximum atomic E-state index is 13.2. The minimum Gasteiger partial charge on any atom is -0.445 e. The zero-order valence-electron chi connectivity index (χ0n) is 19.2. The third-order valence-electron chi connectivity index (χ3n) is 5.55. The number of aliphatic hydroxyl groups excluding tert-OH is 1. The molecule has 0 aliphatic rings. The molecule has 3 rings (SSSR count). The Morgan fingerprint density at radius 1 is 0.735 bits per heavy atom. The van der Waals surface area contributed by atoms with Gasteiger partial charge in [-0.05, 0) is 36.0 Å². The molecule has 0 saturated carbocycles. The van der Waals surface area contributed by atoms with Gasteiger partial charge in [-0.15, -0.1) is 0 Å². The van der Waals surface area contributed by atoms with Crippen LogP contribution in [0.15, 0.2) is 91.0 Å². The smallest absolute Gasteiger partial charge is 0.408 e. The van der Waals surface area contributed by atoms with Gasteiger partial charge in [-0.3, -0.25) is 4.79 Å². The summed E-state index contributed by atoms with van der Waals surface area (Å²) >= 11 is 0. The molecule has 178 valence electrons. The third kappa shape index (κ3) is 8.71. The lowest BCUT2D eigenvalue weighted by atomic mass is 10.0. The minimum absolute atomic E-state index is 0.0321. The normalized spacial score (nSPS) is 12.4. The van der Waals surface area contributed by atoms with Gasteiger partial charge in [-0.2, -0.15) is 0 Å². The number of carbonyl (C=O) groups is 2. The quantitative estimate of drug-likeness (QED) is 0.381. The van der Waals surface area contributed by atoms with E-state index in [-0.39, 0.29) is 25.2 Å². The van der Waals surface area contributed by atoms with E-state index in [4.69, 9.17) is 4.74 Å². The number of aryl methyl sites for hydroxylation is 1. The Balaban J connectivity index is 1.62. The van der Waals surface area contributed by atoms with Crippen LogP contribution in [0.1, 0.15) is 29.5 Å². The zero-order chi connectivity index (χ0) is 24.0. The molecule has 0 heterocycles. The van der Waals surface area contributed by atoms with E-state index in [1.54, 1.807) is 0 Å². The molecule has 0 spiro atoms. The number of hydrogen-bond acceptors (Lipinski definition) is 4. The second-order valence-electron chi connectivity index (χ2n) is 8.19. The van der Waals surface area contributed by atoms with Gasteiger partial charge < -0.3 is 20.5 Å². The van der Waals surface area contributed by atoms with Gasteiger partial charge in [0.1, 0.15) is 12.6 Å². The molecular formula is C28H32N2O4. The first kappa shape index (κ1) is 25.0. The van der Waals surface area contributed by atoms with Crippen LogP contribution in [0, 0.1) is 0 Å². The standard InChI is InChI=1S/C28H32N2O4/c31-19-18-25(17-16-22-10-4-1-5-11-22)29-27(32)26(20-23-12-6-2-7-13-23)30-28(33)34-21-24-14-8-3-9-15-24/h1-15,25-26,31H,16-21H2,(H,29,32)(H,30,33)/t25-,26-/m0/s1. The van der Waals surface area contributed by atoms with Gasteiger partial charge in [0.15, 0.2) is 0 Å². The van der Waals surface area contributed by atoms with Crippen molar-refractivity contribution in [2.45, 2.75) is 44.4 Å². The molecule has 0 aromatic heterocycles. The highest BCUT2D eigenvalue weighted by molar-refractivity contribution is 5.86. The lowest BCUT2D eigenvalue weighted by molar-refractivity contribution is -0.123. The van der Waals surface area contributed by atoms with Crippen molar-refractivity contribution < 1.29 is 19.4 Å². The Morgan fingerprint density at radius 3 is 1.88 bits per heavy atom. The number of benzene rings is 3. The van der Waals surface area contributed by atoms with Crippen LogP contribution in [-0.2, 0) is 29.0 Å². The summed E-state index contributed by atoms with van der Waals surface area (Å²) in [5.74, 6) is -0.299. The second-order valence-corrected chi connectivity index (χ2v) is 8.19. The average Bonchev–Trinajstić information content (AvgIpc) is 2.87. The predicted molar refractivity (Wildman–Crippen MR) is 132 cm³/mol. The van der Waals surface area contributed by atoms with Crippen LogP contribution in [0.25, 0.3) is 0 Å². The number of nitrogens with one attached hydrogen (secondary N) is 2. The van der Waals surface area contributed by atoms with Gasteiger partial charge in [0, 0.05) is 19.1 Å². The number of amides is 2. The highest BCUT2D eigenvalue weighted by Crippen LogP contribution is 2.10. The summed E-state index contributed by atoms with van der Waals surface area (Å²) in [5.41, 5.74) is 2.96. The number of hydrogen-bond donors (Lipinski definition) is 3. The summed E-state index contributed by atoms with van der Waals surface area (Å²) in [6.07, 6.45) is 1.59. The number of carbonyl (C=O) groups excluding carboxylic acids is 2. The van der Waals surface area contributed by atoms with Crippen molar-refractivity contribution in [3.63, 3.8) is 0 Å². The van der Waals surface area contributed by atoms with Gasteiger partial charge >= 0.3 is 6.09 Å². The number of alkyl carbamates (subject to hydrolysis) is 1. The predicted octanol–water partition coefficient (Wildman–Crippen LogP) is 4.02. The molecular weight excluding hydrogens is 428 g/mol. The Kier molecular flexibility index (Phi) is 10.1. The molecule has 6 nitrogen and oxygen atoms in total. The average molecular weight is 461 g/mol. The highest BCUT2D eigenvalue weighted by atomic mass is 16.5. The van der Waals surface area contributed by atoms with E-state index < -0.39 is 12.1 Å². The van der Waals surface area contributed by atoms with E-state index in [0.29, 0.717) is 19.3 Å². The van der Waals surface area contributed by atoms with Crippen LogP contribution >= 0.6 is 0 Å². The molecule has 0 saturated heterocycles. The molecule has 34 heavy (non-hydrogen) atoms. The molecule has 2 amide bonds. The fourth-order valence-electron chi connectivity index (χ4n) is 3.70. The van der Waals surface area contributed by atoms with Gasteiger partial charge in [0.2, 0.25) is 5.91 Å². The third-order valence-corrected chi connectivity index (χ3v) is 5.55. The first-order valence-electron chi connectivity index (χ1n) is 11.6. The Morgan fingerprint density at radius 2 is 1.29 bits per heavy atom. The van der Waals surface area contributed by atoms with E-state index in [1.807, 2.05) is 91.0 Å². The molecule has 3 aromatic carbocycles. The van der Waals surface area contributed by atoms with Crippen LogP contribution in [0.3, 0.4) is 0 Å². The Bertz CT molecular complexity index is 997. The minimum atomic E-state index is -0.802. The van der Waals surface area contributed by atoms with Crippen molar-refractivity contribution >= 4 is 12.0 Å². The molecule has 2 atom stereocenters. The fraction of sp³-hybridized carbons (Fsp3) is 0.286. The molecule has 0 unspecified atom stereocenters. The first-order chi connectivity index (χ1) is 16.6. The molecule has 0 radical (unpaired) electrons. The Labute approximate surface area is 201 Å². The topological polar surface area (TPSA) is 87.7 Å². The molecule has 0 bridgehead atoms. The van der Waals surface area contributed by atoms with Crippen LogP contribution in [-0.4, -0.2) is 35.8 Å². The molecule has 3 aromatic rings. The largest absolute Gasteiger partial charge is 0.445 e. The van der Waals surface area contributed by atoms with E-state index in [9.17, 15) is 14.7 Å². The first-order valence-corrected chi connectivity index (χ1v) is 11.6. The SMILES string of the molecule is O=C(N[C@@H](Cc1ccccc1)C(=O)N[C@H](CCO)CCc1ccccc1)OCc1ccccc1. The van der Waals surface area contributed by atoms with Gasteiger partial charge in [0.05, 0.1) is 0 Å². The van der Waals surface area contributed by atoms with E-state index in [2.05, 4.69) is 10.6 Å². The molecule has 0 fully saturated rings. The van der Waals surface area contributed by atoms with Crippen molar-refractivity contribution in [3.05, 3.63) is 108 Å². The summed E-state index contributed by atoms with van der Waals surface area (Å²) < 4.78 is 5.33. The van der Waals surface area contributed by atoms with Crippen LogP contribution in [0.5, 0.6) is 0 Å². The van der Waals surface area contributed by atoms with E-state index >= 15 is 0 Å². The molecule has 0 aliphatic carbocycles. The summed E-state index contributed by atoms with van der Waals surface area (Å²) in [7, 11) is 0. The summed E-state index contributed by atoms with van der Waals surface area (Å²) in [5, 5.41) is 15.2. The van der Waals surface area contributed by atoms with Crippen molar-refractivity contribution in [1.29, 1.82) is 0 Å². The summed E-state index contributed by atoms with van der Waals surface area (Å²) in [6.45, 7) is 0.0895. The summed E-state index contributed by atoms with van der Waals surface area (Å²) in [6, 6.07) is 27.9. The van der Waals surface area contributed by atoms with Gasteiger partial charge in [-0.1, -0.05) is 91.0 Å². The molecule has 6 heteroatoms. The van der Waals surface area contributed by atoms with Crippen molar-refractivity contribution in [2.24, 2.45) is 0 Å². The van der Waals surface area contributed by atoms with Crippen molar-refractivity contribution in [3.8, 4) is 0 Å². The number of rotatable bonds is 12.